The lowest BCUT2D eigenvalue weighted by Crippen LogP contribution is -2.12. The normalized spacial score (nSPS) is 10.2. The van der Waals surface area contributed by atoms with E-state index in [0.717, 1.165) is 6.07 Å². The Kier molecular flexibility index (Phi) is 5.85. The Balaban J connectivity index is 3.13. The Hall–Kier alpha value is -2.22. The number of esters is 1. The van der Waals surface area contributed by atoms with Crippen molar-refractivity contribution in [2.24, 2.45) is 0 Å². The summed E-state index contributed by atoms with van der Waals surface area (Å²) in [5.41, 5.74) is -0.890. The third kappa shape index (κ3) is 3.89. The molecular formula is C12H15FN2O5. The summed E-state index contributed by atoms with van der Waals surface area (Å²) in [6.07, 6.45) is 0. The zero-order chi connectivity index (χ0) is 15.1. The summed E-state index contributed by atoms with van der Waals surface area (Å²) < 4.78 is 23.3. The van der Waals surface area contributed by atoms with E-state index in [2.05, 4.69) is 5.32 Å². The van der Waals surface area contributed by atoms with Crippen molar-refractivity contribution in [3.8, 4) is 0 Å². The number of methoxy groups -OCH3 is 1. The number of carbonyl (C=O) groups excluding carboxylic acids is 1. The smallest absolute Gasteiger partial charge is 0.338 e. The number of carbonyl (C=O) groups is 1. The highest BCUT2D eigenvalue weighted by molar-refractivity contribution is 5.91. The van der Waals surface area contributed by atoms with E-state index < -0.39 is 22.4 Å². The zero-order valence-electron chi connectivity index (χ0n) is 11.1. The maximum Gasteiger partial charge on any atom is 0.338 e. The number of ether oxygens (including phenoxy) is 2. The van der Waals surface area contributed by atoms with Crippen LogP contribution < -0.4 is 5.32 Å². The third-order valence-corrected chi connectivity index (χ3v) is 2.38. The van der Waals surface area contributed by atoms with E-state index in [1.165, 1.54) is 13.2 Å². The molecule has 0 amide bonds. The number of nitrogens with zero attached hydrogens (tertiary/aromatic N) is 1. The summed E-state index contributed by atoms with van der Waals surface area (Å²) in [7, 11) is 1.46. The van der Waals surface area contributed by atoms with Gasteiger partial charge >= 0.3 is 11.7 Å². The minimum absolute atomic E-state index is 0.0879. The van der Waals surface area contributed by atoms with Crippen molar-refractivity contribution >= 4 is 17.3 Å². The molecule has 0 heterocycles. The maximum atomic E-state index is 13.8. The van der Waals surface area contributed by atoms with Crippen LogP contribution in [0, 0.1) is 15.9 Å². The molecule has 0 aromatic heterocycles. The number of nitro groups is 1. The largest absolute Gasteiger partial charge is 0.462 e. The topological polar surface area (TPSA) is 90.7 Å². The molecule has 20 heavy (non-hydrogen) atoms. The zero-order valence-corrected chi connectivity index (χ0v) is 11.1. The van der Waals surface area contributed by atoms with E-state index in [1.807, 2.05) is 0 Å². The molecular weight excluding hydrogens is 271 g/mol. The number of benzene rings is 1. The number of nitro benzene ring substituents is 1. The fourth-order valence-electron chi connectivity index (χ4n) is 1.54. The van der Waals surface area contributed by atoms with E-state index in [9.17, 15) is 19.3 Å². The average Bonchev–Trinajstić information content (AvgIpc) is 2.38. The van der Waals surface area contributed by atoms with Crippen molar-refractivity contribution in [3.05, 3.63) is 33.6 Å². The van der Waals surface area contributed by atoms with Crippen molar-refractivity contribution in [1.82, 2.24) is 0 Å². The number of hydrogen-bond acceptors (Lipinski definition) is 6. The molecule has 7 nitrogen and oxygen atoms in total. The SMILES string of the molecule is CCOC(=O)c1cc(F)c([N+](=O)[O-])c(NCCOC)c1. The molecule has 0 radical (unpaired) electrons. The van der Waals surface area contributed by atoms with Crippen LogP contribution in [0.5, 0.6) is 0 Å². The van der Waals surface area contributed by atoms with Crippen LogP contribution in [0.4, 0.5) is 15.8 Å². The highest BCUT2D eigenvalue weighted by Gasteiger charge is 2.23. The van der Waals surface area contributed by atoms with Gasteiger partial charge in [0, 0.05) is 13.7 Å². The summed E-state index contributed by atoms with van der Waals surface area (Å²) in [6.45, 7) is 2.26. The molecule has 1 aromatic rings. The number of hydrogen-bond donors (Lipinski definition) is 1. The van der Waals surface area contributed by atoms with E-state index in [1.54, 1.807) is 6.92 Å². The fourth-order valence-corrected chi connectivity index (χ4v) is 1.54. The van der Waals surface area contributed by atoms with Crippen molar-refractivity contribution in [1.29, 1.82) is 0 Å². The Bertz CT molecular complexity index is 507. The van der Waals surface area contributed by atoms with Crippen molar-refractivity contribution in [2.75, 3.05) is 32.2 Å². The molecule has 8 heteroatoms. The van der Waals surface area contributed by atoms with Crippen LogP contribution in [0.1, 0.15) is 17.3 Å². The molecule has 110 valence electrons. The lowest BCUT2D eigenvalue weighted by molar-refractivity contribution is -0.386. The van der Waals surface area contributed by atoms with Gasteiger partial charge in [-0.2, -0.15) is 4.39 Å². The number of anilines is 1. The van der Waals surface area contributed by atoms with E-state index in [4.69, 9.17) is 9.47 Å². The Morgan fingerprint density at radius 3 is 2.75 bits per heavy atom. The fraction of sp³-hybridized carbons (Fsp3) is 0.417. The Morgan fingerprint density at radius 1 is 1.50 bits per heavy atom. The molecule has 0 saturated heterocycles. The molecule has 0 unspecified atom stereocenters. The van der Waals surface area contributed by atoms with Gasteiger partial charge in [0.15, 0.2) is 0 Å². The lowest BCUT2D eigenvalue weighted by Gasteiger charge is -2.09. The summed E-state index contributed by atoms with van der Waals surface area (Å²) >= 11 is 0. The van der Waals surface area contributed by atoms with E-state index in [-0.39, 0.29) is 31.0 Å². The van der Waals surface area contributed by atoms with Gasteiger partial charge < -0.3 is 14.8 Å². The van der Waals surface area contributed by atoms with Crippen LogP contribution in [0.3, 0.4) is 0 Å². The predicted octanol–water partition coefficient (Wildman–Crippen LogP) is 1.97. The molecule has 0 aliphatic carbocycles. The van der Waals surface area contributed by atoms with Gasteiger partial charge in [-0.1, -0.05) is 0 Å². The van der Waals surface area contributed by atoms with Crippen LogP contribution in [-0.2, 0) is 9.47 Å². The molecule has 0 saturated carbocycles. The molecule has 1 rings (SSSR count). The van der Waals surface area contributed by atoms with Crippen molar-refractivity contribution < 1.29 is 23.6 Å². The van der Waals surface area contributed by atoms with Gasteiger partial charge in [-0.25, -0.2) is 4.79 Å². The van der Waals surface area contributed by atoms with E-state index >= 15 is 0 Å². The molecule has 0 aliphatic heterocycles. The number of nitrogens with one attached hydrogen (secondary N) is 1. The van der Waals surface area contributed by atoms with Crippen LogP contribution in [-0.4, -0.2) is 37.8 Å². The van der Waals surface area contributed by atoms with Crippen molar-refractivity contribution in [2.45, 2.75) is 6.92 Å². The first kappa shape index (κ1) is 15.8. The predicted molar refractivity (Wildman–Crippen MR) is 69.4 cm³/mol. The molecule has 1 aromatic carbocycles. The van der Waals surface area contributed by atoms with Gasteiger partial charge in [0.05, 0.1) is 23.7 Å². The first-order chi connectivity index (χ1) is 9.51. The Morgan fingerprint density at radius 2 is 2.20 bits per heavy atom. The molecule has 0 atom stereocenters. The molecule has 0 aliphatic rings. The maximum absolute atomic E-state index is 13.8. The minimum Gasteiger partial charge on any atom is -0.462 e. The monoisotopic (exact) mass is 286 g/mol. The van der Waals surface area contributed by atoms with Gasteiger partial charge in [-0.15, -0.1) is 0 Å². The standard InChI is InChI=1S/C12H15FN2O5/c1-3-20-12(16)8-6-9(13)11(15(17)18)10(7-8)14-4-5-19-2/h6-7,14H,3-5H2,1-2H3. The molecule has 0 bridgehead atoms. The van der Waals surface area contributed by atoms with Gasteiger partial charge in [0.2, 0.25) is 5.82 Å². The van der Waals surface area contributed by atoms with Crippen LogP contribution >= 0.6 is 0 Å². The molecule has 1 N–H and O–H groups in total. The first-order valence-corrected chi connectivity index (χ1v) is 5.89. The highest BCUT2D eigenvalue weighted by atomic mass is 19.1. The first-order valence-electron chi connectivity index (χ1n) is 5.89. The minimum atomic E-state index is -1.10. The van der Waals surface area contributed by atoms with Gasteiger partial charge in [-0.3, -0.25) is 10.1 Å². The van der Waals surface area contributed by atoms with Crippen LogP contribution in [0.2, 0.25) is 0 Å². The van der Waals surface area contributed by atoms with Crippen LogP contribution in [0.15, 0.2) is 12.1 Å². The molecule has 0 spiro atoms. The van der Waals surface area contributed by atoms with Crippen LogP contribution in [0.25, 0.3) is 0 Å². The lowest BCUT2D eigenvalue weighted by atomic mass is 10.1. The Labute approximate surface area is 114 Å². The molecule has 0 fully saturated rings. The number of rotatable bonds is 7. The van der Waals surface area contributed by atoms with Crippen molar-refractivity contribution in [3.63, 3.8) is 0 Å². The highest BCUT2D eigenvalue weighted by Crippen LogP contribution is 2.29. The third-order valence-electron chi connectivity index (χ3n) is 2.38. The van der Waals surface area contributed by atoms with Gasteiger partial charge in [-0.05, 0) is 19.1 Å². The summed E-state index contributed by atoms with van der Waals surface area (Å²) in [4.78, 5) is 21.6. The second kappa shape index (κ2) is 7.39. The summed E-state index contributed by atoms with van der Waals surface area (Å²) in [5, 5.41) is 13.5. The second-order valence-electron chi connectivity index (χ2n) is 3.75. The van der Waals surface area contributed by atoms with Gasteiger partial charge in [0.1, 0.15) is 5.69 Å². The number of halogens is 1. The summed E-state index contributed by atoms with van der Waals surface area (Å²) in [5.74, 6) is -1.84. The second-order valence-corrected chi connectivity index (χ2v) is 3.75. The summed E-state index contributed by atoms with van der Waals surface area (Å²) in [6, 6.07) is 1.98. The van der Waals surface area contributed by atoms with Gasteiger partial charge in [0.25, 0.3) is 0 Å². The average molecular weight is 286 g/mol. The van der Waals surface area contributed by atoms with E-state index in [0.29, 0.717) is 0 Å². The quantitative estimate of drug-likeness (QED) is 0.356.